The lowest BCUT2D eigenvalue weighted by Crippen LogP contribution is -2.34. The third kappa shape index (κ3) is 2.66. The summed E-state index contributed by atoms with van der Waals surface area (Å²) in [6.45, 7) is 0. The molecule has 0 spiro atoms. The predicted octanol–water partition coefficient (Wildman–Crippen LogP) is 1.86. The van der Waals surface area contributed by atoms with E-state index >= 15 is 0 Å². The number of hydrogen-bond acceptors (Lipinski definition) is 5. The molecular formula is C16H8F3O5-. The second-order valence-electron chi connectivity index (χ2n) is 5.04. The summed E-state index contributed by atoms with van der Waals surface area (Å²) in [6.07, 6.45) is -4.64. The van der Waals surface area contributed by atoms with Crippen LogP contribution < -0.4 is 9.99 Å². The first-order valence-corrected chi connectivity index (χ1v) is 6.70. The zero-order valence-electron chi connectivity index (χ0n) is 11.8. The van der Waals surface area contributed by atoms with Gasteiger partial charge < -0.3 is 9.90 Å². The molecule has 0 unspecified atom stereocenters. The van der Waals surface area contributed by atoms with Crippen LogP contribution in [-0.4, -0.2) is 11.9 Å². The Bertz CT molecular complexity index is 842. The Kier molecular flexibility index (Phi) is 3.67. The summed E-state index contributed by atoms with van der Waals surface area (Å²) in [5.41, 5.74) is 1.01. The molecule has 0 fully saturated rings. The molecule has 8 heteroatoms. The van der Waals surface area contributed by atoms with Crippen LogP contribution in [0.15, 0.2) is 36.4 Å². The molecule has 0 saturated heterocycles. The van der Waals surface area contributed by atoms with Gasteiger partial charge in [0.1, 0.15) is 5.56 Å². The largest absolute Gasteiger partial charge is 0.539 e. The summed E-state index contributed by atoms with van der Waals surface area (Å²) in [6, 6.07) is 9.07. The summed E-state index contributed by atoms with van der Waals surface area (Å²) in [5.74, 6) is -4.87. The maximum absolute atomic E-state index is 13.2. The lowest BCUT2D eigenvalue weighted by atomic mass is 10.0. The van der Waals surface area contributed by atoms with Gasteiger partial charge in [-0.2, -0.15) is 13.2 Å². The Balaban J connectivity index is 2.08. The van der Waals surface area contributed by atoms with Crippen molar-refractivity contribution < 1.29 is 37.6 Å². The van der Waals surface area contributed by atoms with Gasteiger partial charge in [-0.25, -0.2) is 9.68 Å². The zero-order valence-corrected chi connectivity index (χ0v) is 11.8. The van der Waals surface area contributed by atoms with Crippen molar-refractivity contribution in [3.05, 3.63) is 53.1 Å². The fraction of sp³-hybridized carbons (Fsp3) is 0.125. The lowest BCUT2D eigenvalue weighted by Gasteiger charge is -2.15. The average Bonchev–Trinajstić information content (AvgIpc) is 2.90. The molecule has 0 heterocycles. The highest BCUT2D eigenvalue weighted by Gasteiger charge is 2.38. The van der Waals surface area contributed by atoms with Gasteiger partial charge in [-0.1, -0.05) is 30.3 Å². The highest BCUT2D eigenvalue weighted by Crippen LogP contribution is 2.47. The molecule has 0 aliphatic heterocycles. The number of alkyl halides is 3. The lowest BCUT2D eigenvalue weighted by molar-refractivity contribution is -0.311. The van der Waals surface area contributed by atoms with E-state index in [1.807, 2.05) is 0 Å². The monoisotopic (exact) mass is 337 g/mol. The van der Waals surface area contributed by atoms with Gasteiger partial charge in [0.2, 0.25) is 0 Å². The molecule has 0 amide bonds. The quantitative estimate of drug-likeness (QED) is 0.405. The summed E-state index contributed by atoms with van der Waals surface area (Å²) in [7, 11) is 0. The van der Waals surface area contributed by atoms with Crippen molar-refractivity contribution in [1.82, 2.24) is 0 Å². The number of carbonyl (C=O) groups is 2. The molecule has 0 radical (unpaired) electrons. The Morgan fingerprint density at radius 3 is 2.42 bits per heavy atom. The van der Waals surface area contributed by atoms with Gasteiger partial charge in [0.05, 0.1) is 0 Å². The average molecular weight is 337 g/mol. The van der Waals surface area contributed by atoms with Crippen molar-refractivity contribution in [3.8, 4) is 16.9 Å². The molecule has 1 aliphatic rings. The van der Waals surface area contributed by atoms with Crippen LogP contribution in [0.5, 0.6) is 5.75 Å². The van der Waals surface area contributed by atoms with Gasteiger partial charge in [0, 0.05) is 12.0 Å². The number of rotatable bonds is 2. The number of carboxylic acids is 1. The molecule has 0 bridgehead atoms. The molecule has 124 valence electrons. The van der Waals surface area contributed by atoms with E-state index in [2.05, 4.69) is 9.78 Å². The van der Waals surface area contributed by atoms with Gasteiger partial charge >= 0.3 is 12.1 Å². The molecule has 0 atom stereocenters. The first kappa shape index (κ1) is 15.9. The van der Waals surface area contributed by atoms with Crippen LogP contribution in [0.4, 0.5) is 13.2 Å². The van der Waals surface area contributed by atoms with Gasteiger partial charge in [-0.3, -0.25) is 4.89 Å². The molecule has 3 rings (SSSR count). The summed E-state index contributed by atoms with van der Waals surface area (Å²) in [4.78, 5) is 29.7. The summed E-state index contributed by atoms with van der Waals surface area (Å²) in [5, 5.41) is 10.3. The topological polar surface area (TPSA) is 75.7 Å². The second kappa shape index (κ2) is 5.55. The van der Waals surface area contributed by atoms with Crippen LogP contribution in [0, 0.1) is 0 Å². The SMILES string of the molecule is O=C([O-])C(=O)OOc1c(C(F)(F)F)ccc2c1Cc1ccccc1-2. The molecule has 24 heavy (non-hydrogen) atoms. The van der Waals surface area contributed by atoms with Crippen molar-refractivity contribution in [2.75, 3.05) is 0 Å². The number of benzene rings is 2. The highest BCUT2D eigenvalue weighted by molar-refractivity contribution is 6.27. The number of hydrogen-bond donors (Lipinski definition) is 0. The van der Waals surface area contributed by atoms with Crippen LogP contribution in [0.25, 0.3) is 11.1 Å². The van der Waals surface area contributed by atoms with Crippen LogP contribution in [-0.2, 0) is 27.1 Å². The Hall–Kier alpha value is -3.03. The third-order valence-corrected chi connectivity index (χ3v) is 3.61. The molecule has 0 N–H and O–H groups in total. The number of aliphatic carboxylic acids is 1. The molecule has 1 aliphatic carbocycles. The Labute approximate surface area is 133 Å². The minimum absolute atomic E-state index is 0.133. The molecule has 5 nitrogen and oxygen atoms in total. The van der Waals surface area contributed by atoms with E-state index in [0.717, 1.165) is 17.2 Å². The Morgan fingerprint density at radius 1 is 1.04 bits per heavy atom. The highest BCUT2D eigenvalue weighted by atomic mass is 19.4. The minimum atomic E-state index is -4.77. The van der Waals surface area contributed by atoms with Gasteiger partial charge in [-0.05, 0) is 22.8 Å². The molecule has 0 saturated carbocycles. The van der Waals surface area contributed by atoms with Crippen molar-refractivity contribution >= 4 is 11.9 Å². The normalized spacial score (nSPS) is 12.3. The van der Waals surface area contributed by atoms with E-state index in [9.17, 15) is 27.9 Å². The van der Waals surface area contributed by atoms with Gasteiger partial charge in [0.15, 0.2) is 11.7 Å². The van der Waals surface area contributed by atoms with E-state index in [-0.39, 0.29) is 12.0 Å². The van der Waals surface area contributed by atoms with E-state index in [0.29, 0.717) is 5.56 Å². The van der Waals surface area contributed by atoms with Crippen LogP contribution in [0.3, 0.4) is 0 Å². The standard InChI is InChI=1S/C16H9F3O5/c17-16(18,19)12-6-5-10-9-4-2-1-3-8(9)7-11(10)13(12)23-24-15(22)14(20)21/h1-6H,7H2,(H,20,21)/p-1. The van der Waals surface area contributed by atoms with E-state index in [1.54, 1.807) is 24.3 Å². The smallest absolute Gasteiger partial charge is 0.420 e. The molecular weight excluding hydrogens is 329 g/mol. The van der Waals surface area contributed by atoms with Crippen molar-refractivity contribution in [2.24, 2.45) is 0 Å². The first-order chi connectivity index (χ1) is 11.3. The predicted molar refractivity (Wildman–Crippen MR) is 71.4 cm³/mol. The van der Waals surface area contributed by atoms with E-state index in [1.165, 1.54) is 6.07 Å². The molecule has 0 aromatic heterocycles. The fourth-order valence-electron chi connectivity index (χ4n) is 2.62. The van der Waals surface area contributed by atoms with E-state index in [4.69, 9.17) is 0 Å². The van der Waals surface area contributed by atoms with Crippen LogP contribution in [0.2, 0.25) is 0 Å². The molecule has 2 aromatic rings. The number of carbonyl (C=O) groups excluding carboxylic acids is 2. The van der Waals surface area contributed by atoms with Gasteiger partial charge in [0.25, 0.3) is 0 Å². The van der Waals surface area contributed by atoms with Gasteiger partial charge in [-0.15, -0.1) is 0 Å². The minimum Gasteiger partial charge on any atom is -0.539 e. The first-order valence-electron chi connectivity index (χ1n) is 6.70. The van der Waals surface area contributed by atoms with Crippen LogP contribution in [0.1, 0.15) is 16.7 Å². The van der Waals surface area contributed by atoms with Crippen molar-refractivity contribution in [1.29, 1.82) is 0 Å². The summed E-state index contributed by atoms with van der Waals surface area (Å²) >= 11 is 0. The molecule has 2 aromatic carbocycles. The third-order valence-electron chi connectivity index (χ3n) is 3.61. The zero-order chi connectivity index (χ0) is 17.5. The maximum Gasteiger partial charge on any atom is 0.420 e. The van der Waals surface area contributed by atoms with Crippen molar-refractivity contribution in [3.63, 3.8) is 0 Å². The fourth-order valence-corrected chi connectivity index (χ4v) is 2.62. The summed E-state index contributed by atoms with van der Waals surface area (Å²) < 4.78 is 39.5. The second-order valence-corrected chi connectivity index (χ2v) is 5.04. The van der Waals surface area contributed by atoms with E-state index < -0.39 is 29.4 Å². The number of fused-ring (bicyclic) bond motifs is 3. The number of carboxylic acid groups (broad SMARTS) is 1. The van der Waals surface area contributed by atoms with Crippen LogP contribution >= 0.6 is 0 Å². The Morgan fingerprint density at radius 2 is 1.75 bits per heavy atom. The maximum atomic E-state index is 13.2. The number of halogens is 3. The van der Waals surface area contributed by atoms with Crippen molar-refractivity contribution in [2.45, 2.75) is 12.6 Å².